The monoisotopic (exact) mass is 451 g/mol. The van der Waals surface area contributed by atoms with Gasteiger partial charge in [-0.3, -0.25) is 4.79 Å². The maximum absolute atomic E-state index is 11.8. The van der Waals surface area contributed by atoms with Crippen LogP contribution in [0.5, 0.6) is 5.75 Å². The Morgan fingerprint density at radius 1 is 1.38 bits per heavy atom. The number of ketones is 1. The fraction of sp³-hybridized carbons (Fsp3) is 0.286. The van der Waals surface area contributed by atoms with Crippen LogP contribution in [0.2, 0.25) is 5.02 Å². The van der Waals surface area contributed by atoms with Crippen LogP contribution in [0.25, 0.3) is 0 Å². The molecule has 1 heterocycles. The molecule has 2 aromatic rings. The minimum Gasteiger partial charge on any atom is -0.494 e. The van der Waals surface area contributed by atoms with Crippen LogP contribution in [-0.2, 0) is 11.2 Å². The van der Waals surface area contributed by atoms with E-state index in [4.69, 9.17) is 16.3 Å². The van der Waals surface area contributed by atoms with Gasteiger partial charge in [0.2, 0.25) is 0 Å². The summed E-state index contributed by atoms with van der Waals surface area (Å²) in [5, 5.41) is 1.45. The first kappa shape index (κ1) is 16.9. The van der Waals surface area contributed by atoms with Gasteiger partial charge in [0.1, 0.15) is 16.5 Å². The number of Topliss-reactive ketones (excluding diaryl/α,β-unsaturated/α-hetero) is 1. The fourth-order valence-electron chi connectivity index (χ4n) is 1.65. The number of carbonyl (C=O) groups excluding carboxylic acids is 1. The smallest absolute Gasteiger partial charge is 0.139 e. The van der Waals surface area contributed by atoms with Gasteiger partial charge >= 0.3 is 0 Å². The summed E-state index contributed by atoms with van der Waals surface area (Å²) in [5.41, 5.74) is 0. The molecular weight excluding hydrogens is 441 g/mol. The zero-order valence-electron chi connectivity index (χ0n) is 10.9. The van der Waals surface area contributed by atoms with Gasteiger partial charge in [0.05, 0.1) is 28.0 Å². The van der Waals surface area contributed by atoms with Crippen molar-refractivity contribution in [3.8, 4) is 5.75 Å². The van der Waals surface area contributed by atoms with Crippen molar-refractivity contribution in [2.45, 2.75) is 19.3 Å². The summed E-state index contributed by atoms with van der Waals surface area (Å²) in [4.78, 5) is 16.0. The van der Waals surface area contributed by atoms with Crippen molar-refractivity contribution in [1.82, 2.24) is 4.98 Å². The van der Waals surface area contributed by atoms with Crippen LogP contribution in [0.3, 0.4) is 0 Å². The molecule has 0 aliphatic heterocycles. The highest BCUT2D eigenvalue weighted by Crippen LogP contribution is 2.26. The Hall–Kier alpha value is -0.430. The standard InChI is InChI=1S/C14H12Br2ClNO2S/c15-11-4-3-10(7-12(11)17)20-5-1-2-9(19)6-14-18-8-13(16)21-14/h3-4,7-8H,1-2,5-6H2. The number of aromatic nitrogens is 1. The molecule has 0 saturated carbocycles. The lowest BCUT2D eigenvalue weighted by Crippen LogP contribution is -2.05. The first-order valence-corrected chi connectivity index (χ1v) is 9.02. The second-order valence-electron chi connectivity index (χ2n) is 4.30. The van der Waals surface area contributed by atoms with Crippen molar-refractivity contribution in [2.24, 2.45) is 0 Å². The fourth-order valence-corrected chi connectivity index (χ4v) is 3.40. The van der Waals surface area contributed by atoms with E-state index in [9.17, 15) is 4.79 Å². The van der Waals surface area contributed by atoms with E-state index in [0.717, 1.165) is 13.3 Å². The molecule has 1 aromatic heterocycles. The number of benzene rings is 1. The van der Waals surface area contributed by atoms with Gasteiger partial charge in [-0.15, -0.1) is 11.3 Å². The molecule has 112 valence electrons. The first-order valence-electron chi connectivity index (χ1n) is 6.24. The van der Waals surface area contributed by atoms with Gasteiger partial charge in [-0.05, 0) is 56.5 Å². The summed E-state index contributed by atoms with van der Waals surface area (Å²) in [6.45, 7) is 0.491. The Balaban J connectivity index is 1.69. The average molecular weight is 454 g/mol. The van der Waals surface area contributed by atoms with Gasteiger partial charge in [0.25, 0.3) is 0 Å². The van der Waals surface area contributed by atoms with Crippen LogP contribution in [-0.4, -0.2) is 17.4 Å². The topological polar surface area (TPSA) is 39.2 Å². The van der Waals surface area contributed by atoms with Gasteiger partial charge in [-0.2, -0.15) is 0 Å². The normalized spacial score (nSPS) is 10.6. The van der Waals surface area contributed by atoms with Gasteiger partial charge < -0.3 is 4.74 Å². The van der Waals surface area contributed by atoms with Gasteiger partial charge in [-0.25, -0.2) is 4.98 Å². The number of hydrogen-bond acceptors (Lipinski definition) is 4. The molecule has 0 aliphatic rings. The van der Waals surface area contributed by atoms with E-state index in [0.29, 0.717) is 36.6 Å². The number of ether oxygens (including phenoxy) is 1. The molecule has 0 N–H and O–H groups in total. The molecule has 0 amide bonds. The summed E-state index contributed by atoms with van der Waals surface area (Å²) in [5.74, 6) is 0.883. The van der Waals surface area contributed by atoms with E-state index in [1.807, 2.05) is 12.1 Å². The van der Waals surface area contributed by atoms with E-state index >= 15 is 0 Å². The summed E-state index contributed by atoms with van der Waals surface area (Å²) >= 11 is 14.1. The number of halogens is 3. The maximum atomic E-state index is 11.8. The molecule has 0 fully saturated rings. The largest absolute Gasteiger partial charge is 0.494 e. The molecule has 0 unspecified atom stereocenters. The van der Waals surface area contributed by atoms with Gasteiger partial charge in [0.15, 0.2) is 0 Å². The molecule has 0 aliphatic carbocycles. The zero-order chi connectivity index (χ0) is 15.2. The highest BCUT2D eigenvalue weighted by Gasteiger charge is 2.07. The van der Waals surface area contributed by atoms with Crippen LogP contribution >= 0.6 is 54.8 Å². The van der Waals surface area contributed by atoms with Gasteiger partial charge in [0, 0.05) is 10.9 Å². The zero-order valence-corrected chi connectivity index (χ0v) is 15.7. The van der Waals surface area contributed by atoms with Crippen LogP contribution < -0.4 is 4.74 Å². The second-order valence-corrected chi connectivity index (χ2v) is 8.06. The first-order chi connectivity index (χ1) is 10.0. The summed E-state index contributed by atoms with van der Waals surface area (Å²) in [6, 6.07) is 5.43. The van der Waals surface area contributed by atoms with Crippen molar-refractivity contribution < 1.29 is 9.53 Å². The highest BCUT2D eigenvalue weighted by molar-refractivity contribution is 9.11. The van der Waals surface area contributed by atoms with Crippen molar-refractivity contribution in [1.29, 1.82) is 0 Å². The number of thiazole rings is 1. The molecule has 1 aromatic carbocycles. The number of carbonyl (C=O) groups is 1. The summed E-state index contributed by atoms with van der Waals surface area (Å²) in [7, 11) is 0. The lowest BCUT2D eigenvalue weighted by molar-refractivity contribution is -0.118. The SMILES string of the molecule is O=C(CCCOc1ccc(Br)c(Cl)c1)Cc1ncc(Br)s1. The third kappa shape index (κ3) is 5.70. The average Bonchev–Trinajstić information content (AvgIpc) is 2.84. The minimum atomic E-state index is 0.175. The van der Waals surface area contributed by atoms with Crippen molar-refractivity contribution in [3.63, 3.8) is 0 Å². The molecule has 0 bridgehead atoms. The lowest BCUT2D eigenvalue weighted by atomic mass is 10.2. The molecule has 21 heavy (non-hydrogen) atoms. The molecule has 0 atom stereocenters. The predicted octanol–water partition coefficient (Wildman–Crippen LogP) is 5.29. The van der Waals surface area contributed by atoms with E-state index in [1.165, 1.54) is 11.3 Å². The predicted molar refractivity (Wildman–Crippen MR) is 92.4 cm³/mol. The lowest BCUT2D eigenvalue weighted by Gasteiger charge is -2.06. The van der Waals surface area contributed by atoms with E-state index in [2.05, 4.69) is 36.8 Å². The van der Waals surface area contributed by atoms with Gasteiger partial charge in [-0.1, -0.05) is 11.6 Å². The van der Waals surface area contributed by atoms with E-state index < -0.39 is 0 Å². The molecule has 0 radical (unpaired) electrons. The van der Waals surface area contributed by atoms with Crippen LogP contribution in [0, 0.1) is 0 Å². The third-order valence-corrected chi connectivity index (χ3v) is 5.34. The molecule has 3 nitrogen and oxygen atoms in total. The number of nitrogens with zero attached hydrogens (tertiary/aromatic N) is 1. The second kappa shape index (κ2) is 8.27. The van der Waals surface area contributed by atoms with Crippen LogP contribution in [0.1, 0.15) is 17.8 Å². The van der Waals surface area contributed by atoms with Crippen LogP contribution in [0.15, 0.2) is 32.7 Å². The third-order valence-electron chi connectivity index (χ3n) is 2.63. The van der Waals surface area contributed by atoms with E-state index in [1.54, 1.807) is 12.3 Å². The Labute approximate surface area is 148 Å². The molecule has 2 rings (SSSR count). The summed E-state index contributed by atoms with van der Waals surface area (Å²) < 4.78 is 7.35. The highest BCUT2D eigenvalue weighted by atomic mass is 79.9. The molecule has 0 spiro atoms. The minimum absolute atomic E-state index is 0.175. The Bertz CT molecular complexity index is 633. The Morgan fingerprint density at radius 3 is 2.86 bits per heavy atom. The number of rotatable bonds is 7. The quantitative estimate of drug-likeness (QED) is 0.535. The molecule has 0 saturated heterocycles. The Morgan fingerprint density at radius 2 is 2.19 bits per heavy atom. The molecular formula is C14H12Br2ClNO2S. The number of hydrogen-bond donors (Lipinski definition) is 0. The van der Waals surface area contributed by atoms with Crippen LogP contribution in [0.4, 0.5) is 0 Å². The maximum Gasteiger partial charge on any atom is 0.139 e. The van der Waals surface area contributed by atoms with Crippen molar-refractivity contribution in [3.05, 3.63) is 42.7 Å². The van der Waals surface area contributed by atoms with E-state index in [-0.39, 0.29) is 5.78 Å². The summed E-state index contributed by atoms with van der Waals surface area (Å²) in [6.07, 6.45) is 3.27. The van der Waals surface area contributed by atoms with Crippen molar-refractivity contribution in [2.75, 3.05) is 6.61 Å². The van der Waals surface area contributed by atoms with Crippen molar-refractivity contribution >= 4 is 60.6 Å². The Kier molecular flexibility index (Phi) is 6.67. The molecule has 7 heteroatoms.